The fraction of sp³-hybridized carbons (Fsp3) is 0.636. The van der Waals surface area contributed by atoms with Crippen LogP contribution in [0.3, 0.4) is 0 Å². The molecule has 104 valence electrons. The molecule has 0 unspecified atom stereocenters. The van der Waals surface area contributed by atoms with Crippen molar-refractivity contribution in [2.75, 3.05) is 13.6 Å². The summed E-state index contributed by atoms with van der Waals surface area (Å²) >= 11 is 4.49. The third kappa shape index (κ3) is 3.77. The highest BCUT2D eigenvalue weighted by Gasteiger charge is 2.25. The van der Waals surface area contributed by atoms with Gasteiger partial charge in [-0.1, -0.05) is 19.8 Å². The third-order valence-electron chi connectivity index (χ3n) is 2.63. The Morgan fingerprint density at radius 2 is 2.11 bits per heavy atom. The van der Waals surface area contributed by atoms with E-state index in [1.165, 1.54) is 21.7 Å². The first-order valence-electron chi connectivity index (χ1n) is 5.78. The van der Waals surface area contributed by atoms with Gasteiger partial charge in [0.25, 0.3) is 0 Å². The molecule has 0 bridgehead atoms. The van der Waals surface area contributed by atoms with Gasteiger partial charge in [-0.25, -0.2) is 12.7 Å². The lowest BCUT2D eigenvalue weighted by Crippen LogP contribution is -2.27. The Morgan fingerprint density at radius 1 is 1.44 bits per heavy atom. The molecule has 0 aromatic carbocycles. The average molecular weight is 356 g/mol. The SMILES string of the molecule is CCCCCN(C)S(=O)(=O)c1cc(CO)sc1Br. The monoisotopic (exact) mass is 355 g/mol. The van der Waals surface area contributed by atoms with Crippen molar-refractivity contribution in [1.82, 2.24) is 4.31 Å². The second-order valence-electron chi connectivity index (χ2n) is 4.04. The zero-order chi connectivity index (χ0) is 13.8. The summed E-state index contributed by atoms with van der Waals surface area (Å²) in [5.74, 6) is 0. The maximum Gasteiger partial charge on any atom is 0.244 e. The van der Waals surface area contributed by atoms with Crippen molar-refractivity contribution in [1.29, 1.82) is 0 Å². The molecule has 1 aromatic heterocycles. The van der Waals surface area contributed by atoms with E-state index in [4.69, 9.17) is 5.11 Å². The molecule has 1 heterocycles. The van der Waals surface area contributed by atoms with Crippen LogP contribution in [0.1, 0.15) is 31.1 Å². The number of halogens is 1. The van der Waals surface area contributed by atoms with Gasteiger partial charge in [-0.05, 0) is 28.4 Å². The van der Waals surface area contributed by atoms with Gasteiger partial charge in [0.05, 0.1) is 10.4 Å². The molecule has 0 radical (unpaired) electrons. The molecule has 0 aliphatic carbocycles. The van der Waals surface area contributed by atoms with Gasteiger partial charge in [0.2, 0.25) is 10.0 Å². The van der Waals surface area contributed by atoms with Crippen molar-refractivity contribution in [2.24, 2.45) is 0 Å². The Morgan fingerprint density at radius 3 is 2.61 bits per heavy atom. The van der Waals surface area contributed by atoms with Crippen molar-refractivity contribution in [3.8, 4) is 0 Å². The maximum atomic E-state index is 12.3. The summed E-state index contributed by atoms with van der Waals surface area (Å²) in [7, 11) is -1.86. The molecule has 7 heteroatoms. The molecular formula is C11H18BrNO3S2. The van der Waals surface area contributed by atoms with Crippen LogP contribution in [-0.4, -0.2) is 31.4 Å². The quantitative estimate of drug-likeness (QED) is 0.765. The van der Waals surface area contributed by atoms with Crippen LogP contribution < -0.4 is 0 Å². The van der Waals surface area contributed by atoms with Crippen molar-refractivity contribution >= 4 is 37.3 Å². The van der Waals surface area contributed by atoms with Gasteiger partial charge in [-0.3, -0.25) is 0 Å². The fourth-order valence-electron chi connectivity index (χ4n) is 1.52. The lowest BCUT2D eigenvalue weighted by molar-refractivity contribution is 0.285. The fourth-order valence-corrected chi connectivity index (χ4v) is 5.22. The Kier molecular flexibility index (Phi) is 6.26. The lowest BCUT2D eigenvalue weighted by Gasteiger charge is -2.16. The van der Waals surface area contributed by atoms with E-state index in [1.54, 1.807) is 7.05 Å². The minimum atomic E-state index is -3.45. The molecule has 1 N–H and O–H groups in total. The van der Waals surface area contributed by atoms with Gasteiger partial charge < -0.3 is 5.11 Å². The van der Waals surface area contributed by atoms with Crippen LogP contribution in [0.4, 0.5) is 0 Å². The Balaban J connectivity index is 2.87. The van der Waals surface area contributed by atoms with Crippen LogP contribution in [0.25, 0.3) is 0 Å². The van der Waals surface area contributed by atoms with E-state index >= 15 is 0 Å². The van der Waals surface area contributed by atoms with Crippen molar-refractivity contribution < 1.29 is 13.5 Å². The number of aliphatic hydroxyl groups is 1. The largest absolute Gasteiger partial charge is 0.391 e. The molecule has 0 amide bonds. The van der Waals surface area contributed by atoms with Crippen molar-refractivity contribution in [3.63, 3.8) is 0 Å². The van der Waals surface area contributed by atoms with E-state index in [0.717, 1.165) is 19.3 Å². The molecule has 1 aromatic rings. The standard InChI is InChI=1S/C11H18BrNO3S2/c1-3-4-5-6-13(2)18(15,16)10-7-9(8-14)17-11(10)12/h7,14H,3-6,8H2,1-2H3. The van der Waals surface area contributed by atoms with Crippen LogP contribution >= 0.6 is 27.3 Å². The van der Waals surface area contributed by atoms with Crippen molar-refractivity contribution in [2.45, 2.75) is 37.7 Å². The van der Waals surface area contributed by atoms with Gasteiger partial charge >= 0.3 is 0 Å². The first-order chi connectivity index (χ1) is 8.43. The first kappa shape index (κ1) is 16.1. The number of rotatable bonds is 7. The molecule has 18 heavy (non-hydrogen) atoms. The number of aliphatic hydroxyl groups excluding tert-OH is 1. The maximum absolute atomic E-state index is 12.3. The molecule has 0 aliphatic rings. The van der Waals surface area contributed by atoms with E-state index < -0.39 is 10.0 Å². The Bertz CT molecular complexity index is 484. The summed E-state index contributed by atoms with van der Waals surface area (Å²) in [6.07, 6.45) is 2.94. The summed E-state index contributed by atoms with van der Waals surface area (Å²) in [6.45, 7) is 2.46. The minimum absolute atomic E-state index is 0.141. The van der Waals surface area contributed by atoms with E-state index in [1.807, 2.05) is 0 Å². The highest BCUT2D eigenvalue weighted by Crippen LogP contribution is 2.33. The highest BCUT2D eigenvalue weighted by molar-refractivity contribution is 9.11. The van der Waals surface area contributed by atoms with Crippen LogP contribution in [-0.2, 0) is 16.6 Å². The molecule has 4 nitrogen and oxygen atoms in total. The van der Waals surface area contributed by atoms with Crippen molar-refractivity contribution in [3.05, 3.63) is 14.7 Å². The van der Waals surface area contributed by atoms with E-state index in [9.17, 15) is 8.42 Å². The topological polar surface area (TPSA) is 57.6 Å². The number of hydrogen-bond donors (Lipinski definition) is 1. The minimum Gasteiger partial charge on any atom is -0.391 e. The summed E-state index contributed by atoms with van der Waals surface area (Å²) in [6, 6.07) is 1.53. The highest BCUT2D eigenvalue weighted by atomic mass is 79.9. The van der Waals surface area contributed by atoms with Gasteiger partial charge in [0.1, 0.15) is 4.90 Å². The number of sulfonamides is 1. The summed E-state index contributed by atoms with van der Waals surface area (Å²) in [5, 5.41) is 9.03. The van der Waals surface area contributed by atoms with E-state index in [0.29, 0.717) is 15.2 Å². The van der Waals surface area contributed by atoms with Crippen LogP contribution in [0.15, 0.2) is 14.7 Å². The third-order valence-corrected chi connectivity index (χ3v) is 6.72. The second-order valence-corrected chi connectivity index (χ2v) is 8.51. The summed E-state index contributed by atoms with van der Waals surface area (Å²) in [4.78, 5) is 0.887. The first-order valence-corrected chi connectivity index (χ1v) is 8.83. The molecule has 0 atom stereocenters. The van der Waals surface area contributed by atoms with E-state index in [2.05, 4.69) is 22.9 Å². The lowest BCUT2D eigenvalue weighted by atomic mass is 10.2. The average Bonchev–Trinajstić information content (AvgIpc) is 2.71. The number of nitrogens with zero attached hydrogens (tertiary/aromatic N) is 1. The predicted molar refractivity (Wildman–Crippen MR) is 77.3 cm³/mol. The zero-order valence-corrected chi connectivity index (χ0v) is 13.7. The van der Waals surface area contributed by atoms with Crippen LogP contribution in [0.5, 0.6) is 0 Å². The molecule has 1 rings (SSSR count). The van der Waals surface area contributed by atoms with Crippen LogP contribution in [0, 0.1) is 0 Å². The Hall–Kier alpha value is 0.0500. The molecule has 0 spiro atoms. The van der Waals surface area contributed by atoms with Gasteiger partial charge in [-0.15, -0.1) is 11.3 Å². The van der Waals surface area contributed by atoms with E-state index in [-0.39, 0.29) is 11.5 Å². The molecular weight excluding hydrogens is 338 g/mol. The predicted octanol–water partition coefficient (Wildman–Crippen LogP) is 2.81. The molecule has 0 saturated heterocycles. The zero-order valence-electron chi connectivity index (χ0n) is 10.5. The van der Waals surface area contributed by atoms with Gasteiger partial charge in [0.15, 0.2) is 0 Å². The van der Waals surface area contributed by atoms with Gasteiger partial charge in [-0.2, -0.15) is 0 Å². The second kappa shape index (κ2) is 7.00. The molecule has 0 aliphatic heterocycles. The van der Waals surface area contributed by atoms with Gasteiger partial charge in [0, 0.05) is 18.5 Å². The number of thiophene rings is 1. The van der Waals surface area contributed by atoms with Crippen LogP contribution in [0.2, 0.25) is 0 Å². The Labute approximate surface area is 121 Å². The summed E-state index contributed by atoms with van der Waals surface area (Å²) < 4.78 is 26.5. The summed E-state index contributed by atoms with van der Waals surface area (Å²) in [5.41, 5.74) is 0. The normalized spacial score (nSPS) is 12.3. The molecule has 0 saturated carbocycles. The number of unbranched alkanes of at least 4 members (excludes halogenated alkanes) is 2. The molecule has 0 fully saturated rings. The number of hydrogen-bond acceptors (Lipinski definition) is 4. The smallest absolute Gasteiger partial charge is 0.244 e.